The number of carbonyl (C=O) groups is 2. The molecule has 0 saturated carbocycles. The Morgan fingerprint density at radius 3 is 2.31 bits per heavy atom. The number of rotatable bonds is 9. The third-order valence-electron chi connectivity index (χ3n) is 6.21. The quantitative estimate of drug-likeness (QED) is 0.364. The highest BCUT2D eigenvalue weighted by molar-refractivity contribution is 7.89. The van der Waals surface area contributed by atoms with Crippen LogP contribution in [0.2, 0.25) is 0 Å². The molecule has 1 fully saturated rings. The van der Waals surface area contributed by atoms with Crippen LogP contribution in [0, 0.1) is 0 Å². The van der Waals surface area contributed by atoms with Crippen molar-refractivity contribution in [1.29, 1.82) is 0 Å². The SMILES string of the molecule is CN(C)c1ccc(CNC(=O)[C@H]2CN(c3cnc(C(=O)O)cn3)CCN2S(=O)(=O)c2ccc(OC(F)(F)F)cc2)cn1. The number of anilines is 2. The number of ether oxygens (including phenoxy) is 1. The molecule has 1 saturated heterocycles. The average Bonchev–Trinajstić information content (AvgIpc) is 2.95. The van der Waals surface area contributed by atoms with Crippen molar-refractivity contribution in [3.63, 3.8) is 0 Å². The highest BCUT2D eigenvalue weighted by atomic mass is 32.2. The number of piperazine rings is 1. The Labute approximate surface area is 238 Å². The summed E-state index contributed by atoms with van der Waals surface area (Å²) in [5.41, 5.74) is 0.368. The standard InChI is InChI=1S/C25H26F3N7O6S/c1-33(2)21-8-3-16(11-30-21)12-32-23(36)20-15-34(22-14-29-19(13-31-22)24(37)38)9-10-35(20)42(39,40)18-6-4-17(5-7-18)41-25(26,27)28/h3-8,11,13-14,20H,9-10,12,15H2,1-2H3,(H,32,36)(H,37,38)/t20-/m1/s1. The maximum atomic E-state index is 13.6. The minimum Gasteiger partial charge on any atom is -0.476 e. The summed E-state index contributed by atoms with van der Waals surface area (Å²) in [5, 5.41) is 11.8. The van der Waals surface area contributed by atoms with E-state index in [1.807, 2.05) is 14.1 Å². The van der Waals surface area contributed by atoms with Gasteiger partial charge < -0.3 is 25.0 Å². The summed E-state index contributed by atoms with van der Waals surface area (Å²) < 4.78 is 69.6. The summed E-state index contributed by atoms with van der Waals surface area (Å²) in [6.45, 7) is -0.252. The largest absolute Gasteiger partial charge is 0.573 e. The number of carbonyl (C=O) groups excluding carboxylic acids is 1. The molecule has 0 radical (unpaired) electrons. The van der Waals surface area contributed by atoms with Crippen LogP contribution in [0.25, 0.3) is 0 Å². The summed E-state index contributed by atoms with van der Waals surface area (Å²) in [7, 11) is -0.714. The molecule has 3 heterocycles. The van der Waals surface area contributed by atoms with Crippen molar-refractivity contribution in [3.05, 3.63) is 66.2 Å². The number of aromatic nitrogens is 3. The van der Waals surface area contributed by atoms with Gasteiger partial charge in [0.2, 0.25) is 15.9 Å². The number of benzene rings is 1. The lowest BCUT2D eigenvalue weighted by molar-refractivity contribution is -0.274. The number of amides is 1. The molecule has 0 unspecified atom stereocenters. The zero-order valence-electron chi connectivity index (χ0n) is 22.3. The van der Waals surface area contributed by atoms with Gasteiger partial charge in [-0.25, -0.2) is 28.2 Å². The number of sulfonamides is 1. The third kappa shape index (κ3) is 7.22. The van der Waals surface area contributed by atoms with Gasteiger partial charge in [-0.05, 0) is 35.9 Å². The first-order chi connectivity index (χ1) is 19.7. The Balaban J connectivity index is 1.58. The van der Waals surface area contributed by atoms with Gasteiger partial charge in [0.15, 0.2) is 5.69 Å². The number of hydrogen-bond donors (Lipinski definition) is 2. The molecule has 1 aromatic carbocycles. The zero-order chi connectivity index (χ0) is 30.7. The molecule has 224 valence electrons. The number of nitrogens with one attached hydrogen (secondary N) is 1. The smallest absolute Gasteiger partial charge is 0.476 e. The Morgan fingerprint density at radius 1 is 1.05 bits per heavy atom. The van der Waals surface area contributed by atoms with Gasteiger partial charge in [0.25, 0.3) is 0 Å². The maximum Gasteiger partial charge on any atom is 0.573 e. The minimum absolute atomic E-state index is 0.0422. The highest BCUT2D eigenvalue weighted by Crippen LogP contribution is 2.28. The number of pyridine rings is 1. The zero-order valence-corrected chi connectivity index (χ0v) is 23.1. The van der Waals surface area contributed by atoms with Gasteiger partial charge >= 0.3 is 12.3 Å². The Bertz CT molecular complexity index is 1520. The van der Waals surface area contributed by atoms with E-state index < -0.39 is 40.1 Å². The fourth-order valence-electron chi connectivity index (χ4n) is 4.11. The molecular weight excluding hydrogens is 583 g/mol. The molecular formula is C25H26F3N7O6S. The molecule has 42 heavy (non-hydrogen) atoms. The van der Waals surface area contributed by atoms with Crippen LogP contribution in [0.4, 0.5) is 24.8 Å². The predicted octanol–water partition coefficient (Wildman–Crippen LogP) is 1.73. The van der Waals surface area contributed by atoms with Crippen molar-refractivity contribution in [1.82, 2.24) is 24.6 Å². The van der Waals surface area contributed by atoms with Crippen LogP contribution in [0.5, 0.6) is 5.75 Å². The van der Waals surface area contributed by atoms with Gasteiger partial charge in [0.1, 0.15) is 23.4 Å². The first-order valence-corrected chi connectivity index (χ1v) is 13.8. The van der Waals surface area contributed by atoms with Crippen molar-refractivity contribution in [2.45, 2.75) is 23.8 Å². The molecule has 1 aliphatic heterocycles. The summed E-state index contributed by atoms with van der Waals surface area (Å²) in [5.74, 6) is -1.59. The van der Waals surface area contributed by atoms with Gasteiger partial charge in [0, 0.05) is 46.5 Å². The fourth-order valence-corrected chi connectivity index (χ4v) is 5.68. The Hall–Kier alpha value is -4.51. The molecule has 1 amide bonds. The second-order valence-electron chi connectivity index (χ2n) is 9.30. The summed E-state index contributed by atoms with van der Waals surface area (Å²) in [6, 6.07) is 5.90. The van der Waals surface area contributed by atoms with Gasteiger partial charge in [-0.1, -0.05) is 6.07 Å². The van der Waals surface area contributed by atoms with E-state index in [1.165, 1.54) is 6.20 Å². The monoisotopic (exact) mass is 609 g/mol. The topological polar surface area (TPSA) is 158 Å². The van der Waals surface area contributed by atoms with Crippen molar-refractivity contribution in [2.75, 3.05) is 43.5 Å². The molecule has 13 nitrogen and oxygen atoms in total. The van der Waals surface area contributed by atoms with Crippen LogP contribution in [0.1, 0.15) is 16.1 Å². The van der Waals surface area contributed by atoms with E-state index in [0.29, 0.717) is 11.4 Å². The third-order valence-corrected chi connectivity index (χ3v) is 8.14. The number of aromatic carboxylic acids is 1. The van der Waals surface area contributed by atoms with Gasteiger partial charge in [-0.2, -0.15) is 4.31 Å². The first-order valence-electron chi connectivity index (χ1n) is 12.3. The van der Waals surface area contributed by atoms with E-state index in [4.69, 9.17) is 5.11 Å². The van der Waals surface area contributed by atoms with Gasteiger partial charge in [-0.3, -0.25) is 4.79 Å². The predicted molar refractivity (Wildman–Crippen MR) is 142 cm³/mol. The lowest BCUT2D eigenvalue weighted by atomic mass is 10.2. The van der Waals surface area contributed by atoms with Crippen molar-refractivity contribution in [3.8, 4) is 5.75 Å². The normalized spacial score (nSPS) is 16.1. The first kappa shape index (κ1) is 30.4. The minimum atomic E-state index is -4.95. The number of carboxylic acid groups (broad SMARTS) is 1. The second-order valence-corrected chi connectivity index (χ2v) is 11.2. The van der Waals surface area contributed by atoms with Crippen LogP contribution in [-0.2, 0) is 21.4 Å². The number of halogens is 3. The van der Waals surface area contributed by atoms with Crippen LogP contribution in [0.3, 0.4) is 0 Å². The average molecular weight is 610 g/mol. The van der Waals surface area contributed by atoms with Crippen LogP contribution >= 0.6 is 0 Å². The molecule has 4 rings (SSSR count). The van der Waals surface area contributed by atoms with Crippen LogP contribution < -0.4 is 19.9 Å². The Kier molecular flexibility index (Phi) is 8.81. The van der Waals surface area contributed by atoms with E-state index in [0.717, 1.165) is 34.8 Å². The van der Waals surface area contributed by atoms with E-state index in [2.05, 4.69) is 25.0 Å². The molecule has 0 aliphatic carbocycles. The molecule has 0 bridgehead atoms. The molecule has 2 aromatic heterocycles. The van der Waals surface area contributed by atoms with E-state index in [1.54, 1.807) is 28.1 Å². The molecule has 17 heteroatoms. The van der Waals surface area contributed by atoms with Gasteiger partial charge in [0.05, 0.1) is 17.3 Å². The number of alkyl halides is 3. The highest BCUT2D eigenvalue weighted by Gasteiger charge is 2.41. The fraction of sp³-hybridized carbons (Fsp3) is 0.320. The van der Waals surface area contributed by atoms with Crippen molar-refractivity contribution in [2.24, 2.45) is 0 Å². The molecule has 1 aliphatic rings. The summed E-state index contributed by atoms with van der Waals surface area (Å²) in [4.78, 5) is 39.8. The van der Waals surface area contributed by atoms with E-state index in [-0.39, 0.29) is 42.6 Å². The molecule has 3 aromatic rings. The van der Waals surface area contributed by atoms with E-state index in [9.17, 15) is 31.2 Å². The maximum absolute atomic E-state index is 13.6. The summed E-state index contributed by atoms with van der Waals surface area (Å²) in [6.07, 6.45) is -1.13. The molecule has 1 atom stereocenters. The van der Waals surface area contributed by atoms with Crippen molar-refractivity contribution >= 4 is 33.5 Å². The Morgan fingerprint density at radius 2 is 1.76 bits per heavy atom. The van der Waals surface area contributed by atoms with Crippen LogP contribution in [-0.4, -0.2) is 90.8 Å². The molecule has 2 N–H and O–H groups in total. The summed E-state index contributed by atoms with van der Waals surface area (Å²) >= 11 is 0. The number of nitrogens with zero attached hydrogens (tertiary/aromatic N) is 6. The lowest BCUT2D eigenvalue weighted by Crippen LogP contribution is -2.60. The lowest BCUT2D eigenvalue weighted by Gasteiger charge is -2.40. The van der Waals surface area contributed by atoms with Crippen LogP contribution in [0.15, 0.2) is 59.9 Å². The van der Waals surface area contributed by atoms with Crippen molar-refractivity contribution < 1.29 is 41.0 Å². The van der Waals surface area contributed by atoms with E-state index >= 15 is 0 Å². The number of hydrogen-bond acceptors (Lipinski definition) is 10. The second kappa shape index (κ2) is 12.2. The number of carboxylic acids is 1. The van der Waals surface area contributed by atoms with Gasteiger partial charge in [-0.15, -0.1) is 13.2 Å². The molecule has 0 spiro atoms.